The van der Waals surface area contributed by atoms with Crippen molar-refractivity contribution in [1.82, 2.24) is 10.2 Å². The molecule has 0 saturated carbocycles. The largest absolute Gasteiger partial charge is 0.497 e. The van der Waals surface area contributed by atoms with E-state index in [1.54, 1.807) is 42.3 Å². The first-order valence-electron chi connectivity index (χ1n) is 10.2. The topological polar surface area (TPSA) is 119 Å². The van der Waals surface area contributed by atoms with E-state index in [0.29, 0.717) is 23.7 Å². The summed E-state index contributed by atoms with van der Waals surface area (Å²) in [4.78, 5) is 26.6. The first-order chi connectivity index (χ1) is 15.9. The van der Waals surface area contributed by atoms with Crippen LogP contribution in [0.4, 0.5) is 10.8 Å². The summed E-state index contributed by atoms with van der Waals surface area (Å²) in [5, 5.41) is 11.7. The normalized spacial score (nSPS) is 16.1. The molecule has 2 aromatic carbocycles. The van der Waals surface area contributed by atoms with Crippen molar-refractivity contribution in [2.75, 3.05) is 29.6 Å². The smallest absolute Gasteiger partial charge is 0.227 e. The van der Waals surface area contributed by atoms with Gasteiger partial charge in [0.05, 0.1) is 17.8 Å². The van der Waals surface area contributed by atoms with E-state index in [-0.39, 0.29) is 34.0 Å². The van der Waals surface area contributed by atoms with Crippen LogP contribution in [-0.4, -0.2) is 49.8 Å². The van der Waals surface area contributed by atoms with Crippen LogP contribution in [0.5, 0.6) is 5.75 Å². The molecule has 0 radical (unpaired) electrons. The molecule has 0 bridgehead atoms. The monoisotopic (exact) mass is 486 g/mol. The highest BCUT2D eigenvalue weighted by Crippen LogP contribution is 2.34. The molecular formula is C22H22N4O5S2. The number of benzene rings is 2. The van der Waals surface area contributed by atoms with Crippen molar-refractivity contribution in [3.63, 3.8) is 0 Å². The number of hydrogen-bond donors (Lipinski definition) is 1. The number of ether oxygens (including phenoxy) is 1. The second-order valence-electron chi connectivity index (χ2n) is 7.48. The van der Waals surface area contributed by atoms with Crippen LogP contribution in [0.3, 0.4) is 0 Å². The van der Waals surface area contributed by atoms with Crippen LogP contribution in [0.15, 0.2) is 59.5 Å². The van der Waals surface area contributed by atoms with Crippen molar-refractivity contribution < 1.29 is 22.7 Å². The van der Waals surface area contributed by atoms with Gasteiger partial charge in [-0.1, -0.05) is 29.5 Å². The summed E-state index contributed by atoms with van der Waals surface area (Å²) in [5.74, 6) is -0.205. The maximum absolute atomic E-state index is 12.5. The number of carbonyl (C=O) groups excluding carboxylic acids is 2. The molecule has 0 spiro atoms. The molecule has 3 aromatic rings. The van der Waals surface area contributed by atoms with E-state index in [2.05, 4.69) is 15.5 Å². The van der Waals surface area contributed by atoms with Crippen LogP contribution >= 0.6 is 11.3 Å². The lowest BCUT2D eigenvalue weighted by atomic mass is 10.1. The molecule has 4 rings (SSSR count). The lowest BCUT2D eigenvalue weighted by Gasteiger charge is -2.16. The molecule has 1 aromatic heterocycles. The summed E-state index contributed by atoms with van der Waals surface area (Å²) in [7, 11) is -1.96. The molecule has 2 heterocycles. The Balaban J connectivity index is 1.34. The summed E-state index contributed by atoms with van der Waals surface area (Å²) in [6, 6.07) is 15.3. The Morgan fingerprint density at radius 1 is 1.15 bits per heavy atom. The number of sulfone groups is 1. The minimum atomic E-state index is -3.54. The molecule has 1 N–H and O–H groups in total. The van der Waals surface area contributed by atoms with E-state index in [1.165, 1.54) is 23.5 Å². The first kappa shape index (κ1) is 22.9. The number of nitrogens with zero attached hydrogens (tertiary/aromatic N) is 3. The van der Waals surface area contributed by atoms with Gasteiger partial charge in [0, 0.05) is 31.0 Å². The highest BCUT2D eigenvalue weighted by Gasteiger charge is 2.34. The molecule has 11 heteroatoms. The Morgan fingerprint density at radius 2 is 1.88 bits per heavy atom. The lowest BCUT2D eigenvalue weighted by Crippen LogP contribution is -2.24. The zero-order valence-electron chi connectivity index (χ0n) is 17.8. The molecule has 1 atom stereocenters. The second-order valence-corrected chi connectivity index (χ2v) is 10.6. The maximum atomic E-state index is 12.5. The van der Waals surface area contributed by atoms with Gasteiger partial charge in [-0.25, -0.2) is 8.42 Å². The van der Waals surface area contributed by atoms with Gasteiger partial charge in [-0.05, 0) is 36.4 Å². The number of anilines is 2. The highest BCUT2D eigenvalue weighted by atomic mass is 32.2. The van der Waals surface area contributed by atoms with Gasteiger partial charge in [0.1, 0.15) is 10.8 Å². The summed E-state index contributed by atoms with van der Waals surface area (Å²) in [5.41, 5.74) is 0.779. The van der Waals surface area contributed by atoms with E-state index >= 15 is 0 Å². The summed E-state index contributed by atoms with van der Waals surface area (Å²) in [6.07, 6.45) is 0.100. The van der Waals surface area contributed by atoms with Crippen molar-refractivity contribution in [3.8, 4) is 5.75 Å². The Kier molecular flexibility index (Phi) is 6.70. The fraction of sp³-hybridized carbons (Fsp3) is 0.273. The molecule has 0 aliphatic carbocycles. The van der Waals surface area contributed by atoms with Crippen LogP contribution in [0, 0.1) is 0 Å². The average molecular weight is 487 g/mol. The quantitative estimate of drug-likeness (QED) is 0.520. The van der Waals surface area contributed by atoms with Crippen molar-refractivity contribution in [2.24, 2.45) is 0 Å². The van der Waals surface area contributed by atoms with Crippen molar-refractivity contribution in [1.29, 1.82) is 0 Å². The van der Waals surface area contributed by atoms with Gasteiger partial charge < -0.3 is 15.0 Å². The minimum absolute atomic E-state index is 0.0166. The Bertz CT molecular complexity index is 1240. The van der Waals surface area contributed by atoms with E-state index in [1.807, 2.05) is 12.1 Å². The number of amides is 2. The number of rotatable bonds is 8. The number of aromatic nitrogens is 2. The highest BCUT2D eigenvalue weighted by molar-refractivity contribution is 7.91. The zero-order valence-corrected chi connectivity index (χ0v) is 19.4. The van der Waals surface area contributed by atoms with Crippen molar-refractivity contribution in [2.45, 2.75) is 23.7 Å². The number of carbonyl (C=O) groups is 2. The van der Waals surface area contributed by atoms with Crippen LogP contribution < -0.4 is 15.0 Å². The summed E-state index contributed by atoms with van der Waals surface area (Å²) >= 11 is 1.19. The molecule has 9 nitrogen and oxygen atoms in total. The molecule has 2 amide bonds. The third-order valence-electron chi connectivity index (χ3n) is 5.25. The minimum Gasteiger partial charge on any atom is -0.497 e. The fourth-order valence-electron chi connectivity index (χ4n) is 3.49. The molecule has 172 valence electrons. The maximum Gasteiger partial charge on any atom is 0.227 e. The van der Waals surface area contributed by atoms with E-state index in [9.17, 15) is 18.0 Å². The zero-order chi connectivity index (χ0) is 23.4. The molecule has 33 heavy (non-hydrogen) atoms. The van der Waals surface area contributed by atoms with E-state index in [4.69, 9.17) is 4.74 Å². The van der Waals surface area contributed by atoms with Gasteiger partial charge in [0.25, 0.3) is 0 Å². The Labute approximate surface area is 195 Å². The van der Waals surface area contributed by atoms with E-state index < -0.39 is 15.7 Å². The van der Waals surface area contributed by atoms with Gasteiger partial charge in [-0.2, -0.15) is 0 Å². The number of hydrogen-bond acceptors (Lipinski definition) is 8. The van der Waals surface area contributed by atoms with Gasteiger partial charge >= 0.3 is 0 Å². The first-order valence-corrected chi connectivity index (χ1v) is 12.7. The van der Waals surface area contributed by atoms with Crippen LogP contribution in [0.2, 0.25) is 0 Å². The fourth-order valence-corrected chi connectivity index (χ4v) is 5.60. The standard InChI is InChI=1S/C22H22N4O5S2/c1-31-17-9-7-16(8-10-17)26-14-15(13-20(26)28)21-24-25-22(32-21)23-19(27)11-12-33(29,30)18-5-3-2-4-6-18/h2-10,15H,11-14H2,1H3,(H,23,25,27)/t15-/m0/s1. The van der Waals surface area contributed by atoms with Crippen molar-refractivity contribution in [3.05, 3.63) is 59.6 Å². The van der Waals surface area contributed by atoms with Crippen LogP contribution in [0.1, 0.15) is 23.8 Å². The summed E-state index contributed by atoms with van der Waals surface area (Å²) < 4.78 is 29.8. The molecule has 1 aliphatic heterocycles. The van der Waals surface area contributed by atoms with Crippen molar-refractivity contribution >= 4 is 43.8 Å². The number of nitrogens with one attached hydrogen (secondary N) is 1. The van der Waals surface area contributed by atoms with Gasteiger partial charge in [0.2, 0.25) is 16.9 Å². The molecule has 1 aliphatic rings. The van der Waals surface area contributed by atoms with Crippen LogP contribution in [-0.2, 0) is 19.4 Å². The van der Waals surface area contributed by atoms with Gasteiger partial charge in [-0.3, -0.25) is 9.59 Å². The van der Waals surface area contributed by atoms with Gasteiger partial charge in [-0.15, -0.1) is 10.2 Å². The Hall–Kier alpha value is -3.31. The van der Waals surface area contributed by atoms with Crippen LogP contribution in [0.25, 0.3) is 0 Å². The molecule has 1 saturated heterocycles. The average Bonchev–Trinajstić information content (AvgIpc) is 3.45. The molecular weight excluding hydrogens is 464 g/mol. The number of methoxy groups -OCH3 is 1. The predicted octanol–water partition coefficient (Wildman–Crippen LogP) is 2.87. The molecule has 1 fully saturated rings. The SMILES string of the molecule is COc1ccc(N2C[C@@H](c3nnc(NC(=O)CCS(=O)(=O)c4ccccc4)s3)CC2=O)cc1. The third-order valence-corrected chi connectivity index (χ3v) is 7.98. The second kappa shape index (κ2) is 9.67. The molecule has 0 unspecified atom stereocenters. The summed E-state index contributed by atoms with van der Waals surface area (Å²) in [6.45, 7) is 0.461. The Morgan fingerprint density at radius 3 is 2.58 bits per heavy atom. The predicted molar refractivity (Wildman–Crippen MR) is 124 cm³/mol. The third kappa shape index (κ3) is 5.37. The van der Waals surface area contributed by atoms with Gasteiger partial charge in [0.15, 0.2) is 9.84 Å². The lowest BCUT2D eigenvalue weighted by molar-refractivity contribution is -0.117. The van der Waals surface area contributed by atoms with E-state index in [0.717, 1.165) is 5.69 Å².